The summed E-state index contributed by atoms with van der Waals surface area (Å²) in [4.78, 5) is 17.1. The van der Waals surface area contributed by atoms with Crippen molar-refractivity contribution in [1.29, 1.82) is 0 Å². The van der Waals surface area contributed by atoms with Gasteiger partial charge in [-0.2, -0.15) is 0 Å². The molecule has 1 aliphatic heterocycles. The molecule has 25 heavy (non-hydrogen) atoms. The molecule has 0 spiro atoms. The number of ketones is 1. The van der Waals surface area contributed by atoms with E-state index in [0.29, 0.717) is 13.0 Å². The summed E-state index contributed by atoms with van der Waals surface area (Å²) in [7, 11) is 0. The van der Waals surface area contributed by atoms with Crippen LogP contribution in [-0.4, -0.2) is 48.3 Å². The first-order chi connectivity index (χ1) is 12.1. The Morgan fingerprint density at radius 2 is 1.64 bits per heavy atom. The molecule has 1 aliphatic rings. The Balaban J connectivity index is 1.46. The minimum absolute atomic E-state index is 0.0951. The summed E-state index contributed by atoms with van der Waals surface area (Å²) in [6.45, 7) is 7.38. The zero-order valence-electron chi connectivity index (χ0n) is 14.7. The number of halogens is 1. The Hall–Kier alpha value is -2.04. The van der Waals surface area contributed by atoms with Gasteiger partial charge in [0.05, 0.1) is 5.56 Å². The number of piperazine rings is 1. The van der Waals surface area contributed by atoms with Crippen molar-refractivity contribution in [3.63, 3.8) is 0 Å². The van der Waals surface area contributed by atoms with E-state index in [1.807, 2.05) is 6.07 Å². The van der Waals surface area contributed by atoms with Gasteiger partial charge < -0.3 is 4.90 Å². The van der Waals surface area contributed by atoms with Crippen LogP contribution in [0.3, 0.4) is 0 Å². The monoisotopic (exact) mass is 340 g/mol. The fraction of sp³-hybridized carbons (Fsp3) is 0.381. The van der Waals surface area contributed by atoms with E-state index >= 15 is 0 Å². The number of carbonyl (C=O) groups excluding carboxylic acids is 1. The fourth-order valence-corrected chi connectivity index (χ4v) is 3.38. The van der Waals surface area contributed by atoms with Crippen molar-refractivity contribution in [2.75, 3.05) is 32.7 Å². The molecule has 3 rings (SSSR count). The number of aryl methyl sites for hydroxylation is 1. The number of Topliss-reactive ketones (excluding diaryl/α,β-unsaturated/α-hetero) is 1. The van der Waals surface area contributed by atoms with Crippen molar-refractivity contribution in [2.24, 2.45) is 0 Å². The van der Waals surface area contributed by atoms with Gasteiger partial charge in [0.25, 0.3) is 0 Å². The largest absolute Gasteiger partial charge is 0.300 e. The molecule has 1 saturated heterocycles. The van der Waals surface area contributed by atoms with E-state index in [1.54, 1.807) is 19.1 Å². The van der Waals surface area contributed by atoms with Gasteiger partial charge in [-0.15, -0.1) is 0 Å². The van der Waals surface area contributed by atoms with E-state index in [1.165, 1.54) is 11.6 Å². The number of carbonyl (C=O) groups is 1. The molecular weight excluding hydrogens is 315 g/mol. The van der Waals surface area contributed by atoms with E-state index in [0.717, 1.165) is 38.3 Å². The van der Waals surface area contributed by atoms with Gasteiger partial charge in [-0.25, -0.2) is 4.39 Å². The quantitative estimate of drug-likeness (QED) is 0.752. The Morgan fingerprint density at radius 3 is 2.32 bits per heavy atom. The van der Waals surface area contributed by atoms with E-state index < -0.39 is 5.82 Å². The molecule has 4 heteroatoms. The van der Waals surface area contributed by atoms with Crippen LogP contribution in [0.15, 0.2) is 48.5 Å². The van der Waals surface area contributed by atoms with Crippen LogP contribution < -0.4 is 0 Å². The average molecular weight is 340 g/mol. The second-order valence-electron chi connectivity index (χ2n) is 6.71. The molecule has 132 valence electrons. The van der Waals surface area contributed by atoms with Crippen molar-refractivity contribution in [1.82, 2.24) is 9.80 Å². The summed E-state index contributed by atoms with van der Waals surface area (Å²) >= 11 is 0. The van der Waals surface area contributed by atoms with Crippen molar-refractivity contribution < 1.29 is 9.18 Å². The van der Waals surface area contributed by atoms with Gasteiger partial charge in [-0.3, -0.25) is 9.69 Å². The van der Waals surface area contributed by atoms with Crippen molar-refractivity contribution in [2.45, 2.75) is 19.9 Å². The van der Waals surface area contributed by atoms with Crippen LogP contribution in [-0.2, 0) is 6.54 Å². The lowest BCUT2D eigenvalue weighted by atomic mass is 10.0. The maximum Gasteiger partial charge on any atom is 0.167 e. The van der Waals surface area contributed by atoms with Crippen LogP contribution >= 0.6 is 0 Å². The molecule has 0 amide bonds. The highest BCUT2D eigenvalue weighted by molar-refractivity contribution is 5.97. The molecule has 0 aromatic heterocycles. The SMILES string of the molecule is Cc1cccc(F)c1C(=O)CCN1CCN(Cc2ccccc2)CC1. The van der Waals surface area contributed by atoms with Gasteiger partial charge in [0.1, 0.15) is 5.82 Å². The molecule has 0 saturated carbocycles. The minimum Gasteiger partial charge on any atom is -0.300 e. The molecule has 0 bridgehead atoms. The smallest absolute Gasteiger partial charge is 0.167 e. The minimum atomic E-state index is -0.405. The number of hydrogen-bond donors (Lipinski definition) is 0. The average Bonchev–Trinajstić information content (AvgIpc) is 2.62. The van der Waals surface area contributed by atoms with Gasteiger partial charge in [0, 0.05) is 45.7 Å². The summed E-state index contributed by atoms with van der Waals surface area (Å²) in [5, 5.41) is 0. The van der Waals surface area contributed by atoms with Crippen LogP contribution in [0.1, 0.15) is 27.9 Å². The van der Waals surface area contributed by atoms with E-state index in [2.05, 4.69) is 34.1 Å². The van der Waals surface area contributed by atoms with Gasteiger partial charge in [0.2, 0.25) is 0 Å². The molecule has 3 nitrogen and oxygen atoms in total. The highest BCUT2D eigenvalue weighted by Gasteiger charge is 2.19. The van der Waals surface area contributed by atoms with Gasteiger partial charge >= 0.3 is 0 Å². The highest BCUT2D eigenvalue weighted by atomic mass is 19.1. The van der Waals surface area contributed by atoms with Gasteiger partial charge in [0.15, 0.2) is 5.78 Å². The summed E-state index contributed by atoms with van der Waals surface area (Å²) < 4.78 is 13.9. The van der Waals surface area contributed by atoms with Crippen molar-refractivity contribution >= 4 is 5.78 Å². The zero-order chi connectivity index (χ0) is 17.6. The van der Waals surface area contributed by atoms with E-state index in [-0.39, 0.29) is 11.3 Å². The molecule has 1 fully saturated rings. The lowest BCUT2D eigenvalue weighted by molar-refractivity contribution is 0.0918. The topological polar surface area (TPSA) is 23.6 Å². The molecule has 0 aliphatic carbocycles. The molecule has 0 N–H and O–H groups in total. The predicted molar refractivity (Wildman–Crippen MR) is 98.2 cm³/mol. The van der Waals surface area contributed by atoms with Crippen LogP contribution in [0.5, 0.6) is 0 Å². The summed E-state index contributed by atoms with van der Waals surface area (Å²) in [5.41, 5.74) is 2.31. The van der Waals surface area contributed by atoms with Crippen LogP contribution in [0.25, 0.3) is 0 Å². The first-order valence-corrected chi connectivity index (χ1v) is 8.90. The van der Waals surface area contributed by atoms with Crippen molar-refractivity contribution in [3.8, 4) is 0 Å². The molecule has 0 atom stereocenters. The second-order valence-corrected chi connectivity index (χ2v) is 6.71. The molecule has 0 radical (unpaired) electrons. The summed E-state index contributed by atoms with van der Waals surface area (Å²) in [5.74, 6) is -0.500. The maximum atomic E-state index is 13.9. The lowest BCUT2D eigenvalue weighted by Crippen LogP contribution is -2.46. The molecular formula is C21H25FN2O. The molecule has 1 heterocycles. The first kappa shape index (κ1) is 17.8. The van der Waals surface area contributed by atoms with Crippen LogP contribution in [0.4, 0.5) is 4.39 Å². The number of benzene rings is 2. The fourth-order valence-electron chi connectivity index (χ4n) is 3.38. The van der Waals surface area contributed by atoms with Gasteiger partial charge in [-0.1, -0.05) is 42.5 Å². The Labute approximate surface area is 149 Å². The molecule has 0 unspecified atom stereocenters. The lowest BCUT2D eigenvalue weighted by Gasteiger charge is -2.34. The Morgan fingerprint density at radius 1 is 0.960 bits per heavy atom. The highest BCUT2D eigenvalue weighted by Crippen LogP contribution is 2.16. The molecule has 2 aromatic carbocycles. The third kappa shape index (κ3) is 4.74. The van der Waals surface area contributed by atoms with E-state index in [4.69, 9.17) is 0 Å². The van der Waals surface area contributed by atoms with Gasteiger partial charge in [-0.05, 0) is 24.1 Å². The van der Waals surface area contributed by atoms with Crippen molar-refractivity contribution in [3.05, 3.63) is 71.0 Å². The second kappa shape index (κ2) is 8.37. The number of rotatable bonds is 6. The Kier molecular flexibility index (Phi) is 5.95. The first-order valence-electron chi connectivity index (χ1n) is 8.90. The summed E-state index contributed by atoms with van der Waals surface area (Å²) in [6.07, 6.45) is 0.375. The summed E-state index contributed by atoms with van der Waals surface area (Å²) in [6, 6.07) is 15.3. The third-order valence-electron chi connectivity index (χ3n) is 4.87. The Bertz CT molecular complexity index is 689. The van der Waals surface area contributed by atoms with E-state index in [9.17, 15) is 9.18 Å². The van der Waals surface area contributed by atoms with Crippen LogP contribution in [0, 0.1) is 12.7 Å². The number of hydrogen-bond acceptors (Lipinski definition) is 3. The standard InChI is InChI=1S/C21H25FN2O/c1-17-6-5-9-19(22)21(17)20(25)10-11-23-12-14-24(15-13-23)16-18-7-3-2-4-8-18/h2-9H,10-16H2,1H3. The predicted octanol–water partition coefficient (Wildman–Crippen LogP) is 3.52. The molecule has 2 aromatic rings. The number of nitrogens with zero attached hydrogens (tertiary/aromatic N) is 2. The zero-order valence-corrected chi connectivity index (χ0v) is 14.7. The maximum absolute atomic E-state index is 13.9. The third-order valence-corrected chi connectivity index (χ3v) is 4.87. The van der Waals surface area contributed by atoms with Crippen LogP contribution in [0.2, 0.25) is 0 Å². The normalized spacial score (nSPS) is 16.1.